The van der Waals surface area contributed by atoms with E-state index in [-0.39, 0.29) is 0 Å². The first-order valence-corrected chi connectivity index (χ1v) is 6.94. The molecule has 96 valence electrons. The van der Waals surface area contributed by atoms with Crippen molar-refractivity contribution in [2.24, 2.45) is 0 Å². The Labute approximate surface area is 111 Å². The lowest BCUT2D eigenvalue weighted by molar-refractivity contribution is 0.716. The molecule has 2 N–H and O–H groups in total. The predicted molar refractivity (Wildman–Crippen MR) is 74.7 cm³/mol. The molecule has 0 amide bonds. The Balaban J connectivity index is 1.90. The van der Waals surface area contributed by atoms with Gasteiger partial charge in [-0.2, -0.15) is 0 Å². The van der Waals surface area contributed by atoms with Crippen LogP contribution in [0, 0.1) is 0 Å². The quantitative estimate of drug-likeness (QED) is 0.346. The molecule has 0 aliphatic rings. The van der Waals surface area contributed by atoms with Gasteiger partial charge in [0.05, 0.1) is 6.33 Å². The number of rotatable bonds is 7. The van der Waals surface area contributed by atoms with E-state index in [9.17, 15) is 0 Å². The fraction of sp³-hybridized carbons (Fsp3) is 0.417. The lowest BCUT2D eigenvalue weighted by atomic mass is 10.3. The monoisotopic (exact) mass is 263 g/mol. The predicted octanol–water partition coefficient (Wildman–Crippen LogP) is 2.00. The Morgan fingerprint density at radius 2 is 2.33 bits per heavy atom. The average Bonchev–Trinajstić information content (AvgIpc) is 2.85. The van der Waals surface area contributed by atoms with Gasteiger partial charge in [-0.15, -0.1) is 0 Å². The highest BCUT2D eigenvalue weighted by Crippen LogP contribution is 2.22. The number of hydrogen-bond donors (Lipinski definition) is 2. The lowest BCUT2D eigenvalue weighted by Crippen LogP contribution is -2.18. The number of fused-ring (bicyclic) bond motifs is 1. The molecule has 0 saturated heterocycles. The Hall–Kier alpha value is -1.40. The summed E-state index contributed by atoms with van der Waals surface area (Å²) in [5, 5.41) is 4.26. The minimum absolute atomic E-state index is 0.710. The summed E-state index contributed by atoms with van der Waals surface area (Å²) in [4.78, 5) is 15.5. The van der Waals surface area contributed by atoms with Crippen LogP contribution in [0.3, 0.4) is 0 Å². The number of H-pyrrole nitrogens is 1. The molecular weight excluding hydrogens is 246 g/mol. The molecule has 0 spiro atoms. The van der Waals surface area contributed by atoms with E-state index in [0.29, 0.717) is 5.65 Å². The van der Waals surface area contributed by atoms with Gasteiger partial charge in [0.1, 0.15) is 16.9 Å². The van der Waals surface area contributed by atoms with Gasteiger partial charge in [-0.3, -0.25) is 0 Å². The van der Waals surface area contributed by atoms with E-state index in [1.54, 1.807) is 24.4 Å². The third-order valence-corrected chi connectivity index (χ3v) is 3.54. The first-order chi connectivity index (χ1) is 8.81. The summed E-state index contributed by atoms with van der Waals surface area (Å²) in [5.74, 6) is 0.849. The van der Waals surface area contributed by atoms with Gasteiger partial charge in [-0.1, -0.05) is 30.8 Å². The van der Waals surface area contributed by atoms with Crippen molar-refractivity contribution in [1.82, 2.24) is 25.3 Å². The first-order valence-electron chi connectivity index (χ1n) is 5.95. The van der Waals surface area contributed by atoms with Crippen LogP contribution in [-0.4, -0.2) is 38.8 Å². The van der Waals surface area contributed by atoms with Crippen LogP contribution in [0.1, 0.15) is 13.3 Å². The molecule has 0 aliphatic carbocycles. The van der Waals surface area contributed by atoms with Crippen molar-refractivity contribution in [3.63, 3.8) is 0 Å². The highest BCUT2D eigenvalue weighted by atomic mass is 32.2. The molecule has 0 saturated carbocycles. The van der Waals surface area contributed by atoms with E-state index in [0.717, 1.165) is 35.8 Å². The normalized spacial score (nSPS) is 10.9. The van der Waals surface area contributed by atoms with E-state index < -0.39 is 0 Å². The molecule has 6 heteroatoms. The summed E-state index contributed by atoms with van der Waals surface area (Å²) < 4.78 is 0. The smallest absolute Gasteiger partial charge is 0.181 e. The van der Waals surface area contributed by atoms with Crippen molar-refractivity contribution in [3.8, 4) is 0 Å². The highest BCUT2D eigenvalue weighted by molar-refractivity contribution is 7.99. The minimum Gasteiger partial charge on any atom is -0.341 e. The zero-order chi connectivity index (χ0) is 12.8. The molecule has 2 aromatic rings. The van der Waals surface area contributed by atoms with Crippen LogP contribution < -0.4 is 5.32 Å². The molecule has 2 aromatic heterocycles. The van der Waals surface area contributed by atoms with Gasteiger partial charge in [0.2, 0.25) is 0 Å². The van der Waals surface area contributed by atoms with Crippen LogP contribution >= 0.6 is 11.8 Å². The van der Waals surface area contributed by atoms with E-state index in [1.807, 2.05) is 0 Å². The van der Waals surface area contributed by atoms with Crippen molar-refractivity contribution in [1.29, 1.82) is 0 Å². The zero-order valence-electron chi connectivity index (χ0n) is 10.4. The molecule has 0 unspecified atom stereocenters. The van der Waals surface area contributed by atoms with Crippen LogP contribution in [0.4, 0.5) is 0 Å². The maximum absolute atomic E-state index is 4.27. The Morgan fingerprint density at radius 3 is 3.17 bits per heavy atom. The second-order valence-electron chi connectivity index (χ2n) is 4.00. The van der Waals surface area contributed by atoms with E-state index >= 15 is 0 Å². The number of aromatic nitrogens is 4. The number of thioether (sulfide) groups is 1. The van der Waals surface area contributed by atoms with E-state index in [2.05, 4.69) is 38.8 Å². The van der Waals surface area contributed by atoms with Crippen LogP contribution in [0.2, 0.25) is 0 Å². The topological polar surface area (TPSA) is 66.5 Å². The van der Waals surface area contributed by atoms with Crippen LogP contribution in [0.25, 0.3) is 11.2 Å². The number of aromatic amines is 1. The zero-order valence-corrected chi connectivity index (χ0v) is 11.3. The van der Waals surface area contributed by atoms with Gasteiger partial charge in [-0.05, 0) is 13.0 Å². The summed E-state index contributed by atoms with van der Waals surface area (Å²) in [6.07, 6.45) is 4.33. The minimum atomic E-state index is 0.710. The van der Waals surface area contributed by atoms with Gasteiger partial charge < -0.3 is 10.3 Å². The molecule has 0 radical (unpaired) electrons. The summed E-state index contributed by atoms with van der Waals surface area (Å²) in [6.45, 7) is 8.10. The number of nitrogens with zero attached hydrogens (tertiary/aromatic N) is 3. The number of imidazole rings is 1. The van der Waals surface area contributed by atoms with E-state index in [1.165, 1.54) is 5.57 Å². The summed E-state index contributed by atoms with van der Waals surface area (Å²) in [5.41, 5.74) is 2.78. The third kappa shape index (κ3) is 3.30. The third-order valence-electron chi connectivity index (χ3n) is 2.40. The molecule has 2 heterocycles. The molecule has 18 heavy (non-hydrogen) atoms. The maximum atomic E-state index is 4.27. The highest BCUT2D eigenvalue weighted by Gasteiger charge is 2.06. The van der Waals surface area contributed by atoms with Crippen molar-refractivity contribution in [2.75, 3.05) is 18.8 Å². The largest absolute Gasteiger partial charge is 0.341 e. The number of hydrogen-bond acceptors (Lipinski definition) is 5. The second-order valence-corrected chi connectivity index (χ2v) is 4.96. The summed E-state index contributed by atoms with van der Waals surface area (Å²) in [6, 6.07) is 0. The SMILES string of the molecule is C=C(CNCCC)CSc1ncnc2nc[nH]c12. The van der Waals surface area contributed by atoms with Gasteiger partial charge in [0, 0.05) is 12.3 Å². The molecule has 0 fully saturated rings. The Bertz CT molecular complexity index is 522. The molecule has 0 atom stereocenters. The van der Waals surface area contributed by atoms with Gasteiger partial charge in [-0.25, -0.2) is 15.0 Å². The first kappa shape index (κ1) is 13.0. The fourth-order valence-corrected chi connectivity index (χ4v) is 2.37. The molecule has 0 aromatic carbocycles. The van der Waals surface area contributed by atoms with Crippen molar-refractivity contribution in [2.45, 2.75) is 18.4 Å². The molecule has 0 bridgehead atoms. The standard InChI is InChI=1S/C12H17N5S/c1-3-4-13-5-9(2)6-18-12-10-11(15-7-14-10)16-8-17-12/h7-8,13H,2-6H2,1H3,(H,14,15,16,17). The Morgan fingerprint density at radius 1 is 1.44 bits per heavy atom. The average molecular weight is 263 g/mol. The summed E-state index contributed by atoms with van der Waals surface area (Å²) in [7, 11) is 0. The van der Waals surface area contributed by atoms with Crippen molar-refractivity contribution in [3.05, 3.63) is 24.8 Å². The van der Waals surface area contributed by atoms with Crippen LogP contribution in [0.5, 0.6) is 0 Å². The second kappa shape index (κ2) is 6.51. The van der Waals surface area contributed by atoms with Gasteiger partial charge in [0.25, 0.3) is 0 Å². The lowest BCUT2D eigenvalue weighted by Gasteiger charge is -2.06. The van der Waals surface area contributed by atoms with Gasteiger partial charge >= 0.3 is 0 Å². The molecular formula is C12H17N5S. The maximum Gasteiger partial charge on any atom is 0.181 e. The molecule has 0 aliphatic heterocycles. The van der Waals surface area contributed by atoms with E-state index in [4.69, 9.17) is 0 Å². The van der Waals surface area contributed by atoms with Crippen molar-refractivity contribution < 1.29 is 0 Å². The molecule has 2 rings (SSSR count). The van der Waals surface area contributed by atoms with Crippen molar-refractivity contribution >= 4 is 22.9 Å². The Kier molecular flexibility index (Phi) is 4.72. The van der Waals surface area contributed by atoms with Crippen LogP contribution in [0.15, 0.2) is 29.8 Å². The van der Waals surface area contributed by atoms with Gasteiger partial charge in [0.15, 0.2) is 5.65 Å². The summed E-state index contributed by atoms with van der Waals surface area (Å²) >= 11 is 1.66. The molecule has 5 nitrogen and oxygen atoms in total. The fourth-order valence-electron chi connectivity index (χ4n) is 1.52. The number of nitrogens with one attached hydrogen (secondary N) is 2. The van der Waals surface area contributed by atoms with Crippen LogP contribution in [-0.2, 0) is 0 Å².